The number of rotatable bonds is 3. The average Bonchev–Trinajstić information content (AvgIpc) is 2.98. The van der Waals surface area contributed by atoms with E-state index in [1.165, 1.54) is 25.7 Å². The number of amides is 1. The van der Waals surface area contributed by atoms with Crippen molar-refractivity contribution in [2.24, 2.45) is 28.9 Å². The summed E-state index contributed by atoms with van der Waals surface area (Å²) < 4.78 is 0. The number of hydrogen-bond acceptors (Lipinski definition) is 2. The SMILES string of the molecule is CC(C)(C)C(CN)NC(=O)C1C2CCCCC21. The Morgan fingerprint density at radius 3 is 2.24 bits per heavy atom. The molecular weight excluding hydrogens is 212 g/mol. The summed E-state index contributed by atoms with van der Waals surface area (Å²) in [6, 6.07) is 0.0950. The molecule has 3 heteroatoms. The topological polar surface area (TPSA) is 55.1 Å². The molecule has 3 N–H and O–H groups in total. The van der Waals surface area contributed by atoms with E-state index in [9.17, 15) is 4.79 Å². The van der Waals surface area contributed by atoms with Crippen molar-refractivity contribution in [2.75, 3.05) is 6.54 Å². The molecule has 0 aromatic carbocycles. The van der Waals surface area contributed by atoms with E-state index in [0.717, 1.165) is 0 Å². The average molecular weight is 238 g/mol. The minimum absolute atomic E-state index is 0.0461. The highest BCUT2D eigenvalue weighted by molar-refractivity contribution is 5.82. The van der Waals surface area contributed by atoms with Crippen LogP contribution in [-0.4, -0.2) is 18.5 Å². The Kier molecular flexibility index (Phi) is 3.48. The number of carbonyl (C=O) groups excluding carboxylic acids is 1. The maximum absolute atomic E-state index is 12.2. The Labute approximate surface area is 105 Å². The molecule has 2 saturated carbocycles. The van der Waals surface area contributed by atoms with Gasteiger partial charge in [-0.3, -0.25) is 4.79 Å². The second kappa shape index (κ2) is 4.60. The first-order chi connectivity index (χ1) is 7.95. The molecule has 3 unspecified atom stereocenters. The maximum Gasteiger partial charge on any atom is 0.223 e. The van der Waals surface area contributed by atoms with E-state index < -0.39 is 0 Å². The van der Waals surface area contributed by atoms with Gasteiger partial charge in [0.1, 0.15) is 0 Å². The zero-order valence-corrected chi connectivity index (χ0v) is 11.3. The van der Waals surface area contributed by atoms with E-state index in [0.29, 0.717) is 24.3 Å². The van der Waals surface area contributed by atoms with Crippen LogP contribution in [0.4, 0.5) is 0 Å². The minimum atomic E-state index is 0.0461. The lowest BCUT2D eigenvalue weighted by molar-refractivity contribution is -0.124. The molecule has 0 spiro atoms. The molecule has 0 aromatic heterocycles. The molecular formula is C14H26N2O. The number of nitrogens with one attached hydrogen (secondary N) is 1. The van der Waals surface area contributed by atoms with Crippen molar-refractivity contribution in [3.8, 4) is 0 Å². The van der Waals surface area contributed by atoms with Crippen molar-refractivity contribution in [1.82, 2.24) is 5.32 Å². The lowest BCUT2D eigenvalue weighted by Gasteiger charge is -2.30. The van der Waals surface area contributed by atoms with E-state index in [1.807, 2.05) is 0 Å². The number of fused-ring (bicyclic) bond motifs is 1. The van der Waals surface area contributed by atoms with Gasteiger partial charge < -0.3 is 11.1 Å². The van der Waals surface area contributed by atoms with Gasteiger partial charge in [-0.25, -0.2) is 0 Å². The Hall–Kier alpha value is -0.570. The van der Waals surface area contributed by atoms with Crippen LogP contribution in [0.3, 0.4) is 0 Å². The highest BCUT2D eigenvalue weighted by atomic mass is 16.2. The van der Waals surface area contributed by atoms with Gasteiger partial charge in [-0.1, -0.05) is 33.6 Å². The summed E-state index contributed by atoms with van der Waals surface area (Å²) in [6.45, 7) is 6.91. The maximum atomic E-state index is 12.2. The Bertz CT molecular complexity index is 283. The molecule has 1 amide bonds. The van der Waals surface area contributed by atoms with Crippen molar-refractivity contribution in [3.63, 3.8) is 0 Å². The van der Waals surface area contributed by atoms with E-state index in [-0.39, 0.29) is 17.4 Å². The molecule has 2 fully saturated rings. The van der Waals surface area contributed by atoms with E-state index >= 15 is 0 Å². The molecule has 0 saturated heterocycles. The van der Waals surface area contributed by atoms with Crippen LogP contribution < -0.4 is 11.1 Å². The van der Waals surface area contributed by atoms with E-state index in [2.05, 4.69) is 26.1 Å². The first kappa shape index (κ1) is 12.9. The first-order valence-electron chi connectivity index (χ1n) is 6.95. The number of nitrogens with two attached hydrogens (primary N) is 1. The molecule has 2 rings (SSSR count). The third kappa shape index (κ3) is 2.65. The molecule has 2 aliphatic carbocycles. The van der Waals surface area contributed by atoms with Gasteiger partial charge in [-0.15, -0.1) is 0 Å². The summed E-state index contributed by atoms with van der Waals surface area (Å²) in [7, 11) is 0. The van der Waals surface area contributed by atoms with Crippen molar-refractivity contribution < 1.29 is 4.79 Å². The highest BCUT2D eigenvalue weighted by Crippen LogP contribution is 2.55. The summed E-state index contributed by atoms with van der Waals surface area (Å²) in [4.78, 5) is 12.2. The largest absolute Gasteiger partial charge is 0.351 e. The van der Waals surface area contributed by atoms with Gasteiger partial charge in [0.15, 0.2) is 0 Å². The fourth-order valence-electron chi connectivity index (χ4n) is 3.28. The second-order valence-corrected chi connectivity index (χ2v) is 6.80. The Balaban J connectivity index is 1.89. The molecule has 3 nitrogen and oxygen atoms in total. The lowest BCUT2D eigenvalue weighted by Crippen LogP contribution is -2.49. The van der Waals surface area contributed by atoms with Gasteiger partial charge >= 0.3 is 0 Å². The van der Waals surface area contributed by atoms with Gasteiger partial charge in [0.05, 0.1) is 0 Å². The van der Waals surface area contributed by atoms with Crippen LogP contribution in [0, 0.1) is 23.2 Å². The monoisotopic (exact) mass is 238 g/mol. The van der Waals surface area contributed by atoms with Crippen LogP contribution in [0.2, 0.25) is 0 Å². The third-order valence-electron chi connectivity index (χ3n) is 4.56. The van der Waals surface area contributed by atoms with Gasteiger partial charge in [0.2, 0.25) is 5.91 Å². The van der Waals surface area contributed by atoms with Crippen LogP contribution in [0.1, 0.15) is 46.5 Å². The predicted molar refractivity (Wildman–Crippen MR) is 69.4 cm³/mol. The minimum Gasteiger partial charge on any atom is -0.351 e. The highest BCUT2D eigenvalue weighted by Gasteiger charge is 2.55. The summed E-state index contributed by atoms with van der Waals surface area (Å²) in [5.74, 6) is 1.92. The molecule has 17 heavy (non-hydrogen) atoms. The van der Waals surface area contributed by atoms with Crippen molar-refractivity contribution in [3.05, 3.63) is 0 Å². The van der Waals surface area contributed by atoms with Gasteiger partial charge in [-0.05, 0) is 30.1 Å². The second-order valence-electron chi connectivity index (χ2n) is 6.80. The molecule has 0 aliphatic heterocycles. The molecule has 0 heterocycles. The summed E-state index contributed by atoms with van der Waals surface area (Å²) in [6.07, 6.45) is 5.13. The van der Waals surface area contributed by atoms with Crippen molar-refractivity contribution >= 4 is 5.91 Å². The van der Waals surface area contributed by atoms with Gasteiger partial charge in [-0.2, -0.15) is 0 Å². The van der Waals surface area contributed by atoms with Crippen molar-refractivity contribution in [1.29, 1.82) is 0 Å². The first-order valence-corrected chi connectivity index (χ1v) is 6.95. The van der Waals surface area contributed by atoms with E-state index in [4.69, 9.17) is 5.73 Å². The quantitative estimate of drug-likeness (QED) is 0.789. The lowest BCUT2D eigenvalue weighted by atomic mass is 9.86. The number of carbonyl (C=O) groups is 1. The fraction of sp³-hybridized carbons (Fsp3) is 0.929. The third-order valence-corrected chi connectivity index (χ3v) is 4.56. The Morgan fingerprint density at radius 1 is 1.29 bits per heavy atom. The Morgan fingerprint density at radius 2 is 1.82 bits per heavy atom. The smallest absolute Gasteiger partial charge is 0.223 e. The van der Waals surface area contributed by atoms with Crippen molar-refractivity contribution in [2.45, 2.75) is 52.5 Å². The molecule has 0 radical (unpaired) electrons. The summed E-state index contributed by atoms with van der Waals surface area (Å²) in [5.41, 5.74) is 5.81. The molecule has 2 aliphatic rings. The normalized spacial score (nSPS) is 33.8. The molecule has 0 aromatic rings. The number of hydrogen-bond donors (Lipinski definition) is 2. The van der Waals surface area contributed by atoms with Crippen LogP contribution in [0.5, 0.6) is 0 Å². The zero-order valence-electron chi connectivity index (χ0n) is 11.3. The molecule has 98 valence electrons. The predicted octanol–water partition coefficient (Wildman–Crippen LogP) is 1.91. The standard InChI is InChI=1S/C14H26N2O/c1-14(2,3)11(8-15)16-13(17)12-9-6-4-5-7-10(9)12/h9-12H,4-8,15H2,1-3H3,(H,16,17). The fourth-order valence-corrected chi connectivity index (χ4v) is 3.28. The van der Waals surface area contributed by atoms with Crippen LogP contribution in [-0.2, 0) is 4.79 Å². The van der Waals surface area contributed by atoms with Crippen LogP contribution in [0.15, 0.2) is 0 Å². The van der Waals surface area contributed by atoms with Crippen LogP contribution >= 0.6 is 0 Å². The van der Waals surface area contributed by atoms with Crippen LogP contribution in [0.25, 0.3) is 0 Å². The molecule has 3 atom stereocenters. The summed E-state index contributed by atoms with van der Waals surface area (Å²) in [5, 5.41) is 3.16. The summed E-state index contributed by atoms with van der Waals surface area (Å²) >= 11 is 0. The van der Waals surface area contributed by atoms with E-state index in [1.54, 1.807) is 0 Å². The van der Waals surface area contributed by atoms with Gasteiger partial charge in [0.25, 0.3) is 0 Å². The van der Waals surface area contributed by atoms with Gasteiger partial charge in [0, 0.05) is 18.5 Å². The molecule has 0 bridgehead atoms. The zero-order chi connectivity index (χ0) is 12.6.